The van der Waals surface area contributed by atoms with Crippen LogP contribution in [0.25, 0.3) is 0 Å². The molecule has 0 heterocycles. The van der Waals surface area contributed by atoms with E-state index in [-0.39, 0.29) is 11.6 Å². The largest absolute Gasteiger partial charge is 0.342 e. The third-order valence-corrected chi connectivity index (χ3v) is 4.20. The summed E-state index contributed by atoms with van der Waals surface area (Å²) < 4.78 is 0. The molecule has 0 bridgehead atoms. The van der Waals surface area contributed by atoms with Crippen molar-refractivity contribution in [2.75, 3.05) is 0 Å². The summed E-state index contributed by atoms with van der Waals surface area (Å²) in [5.41, 5.74) is -0.382. The van der Waals surface area contributed by atoms with E-state index in [0.717, 1.165) is 19.3 Å². The number of hydrogen-bond acceptors (Lipinski definition) is 3. The van der Waals surface area contributed by atoms with Crippen LogP contribution in [0.5, 0.6) is 0 Å². The second kappa shape index (κ2) is 14.0. The lowest BCUT2D eigenvalue weighted by atomic mass is 10.1. The van der Waals surface area contributed by atoms with E-state index in [1.165, 1.54) is 57.8 Å². The lowest BCUT2D eigenvalue weighted by Crippen LogP contribution is -2.25. The molecule has 3 heteroatoms. The van der Waals surface area contributed by atoms with E-state index in [4.69, 9.17) is 9.78 Å². The number of carbonyl (C=O) groups is 1. The Labute approximate surface area is 138 Å². The molecule has 132 valence electrons. The number of rotatable bonds is 15. The van der Waals surface area contributed by atoms with Gasteiger partial charge < -0.3 is 0 Å². The van der Waals surface area contributed by atoms with Gasteiger partial charge in [0, 0.05) is 6.42 Å². The van der Waals surface area contributed by atoms with Gasteiger partial charge in [-0.25, -0.2) is 4.79 Å². The molecule has 0 aliphatic heterocycles. The molecule has 0 amide bonds. The summed E-state index contributed by atoms with van der Waals surface area (Å²) >= 11 is 0. The molecular weight excluding hydrogens is 276 g/mol. The molecule has 0 atom stereocenters. The van der Waals surface area contributed by atoms with Gasteiger partial charge in [-0.05, 0) is 26.7 Å². The Morgan fingerprint density at radius 3 is 1.68 bits per heavy atom. The maximum Gasteiger partial charge on any atom is 0.342 e. The minimum absolute atomic E-state index is 0.238. The van der Waals surface area contributed by atoms with Crippen molar-refractivity contribution in [3.63, 3.8) is 0 Å². The maximum absolute atomic E-state index is 11.5. The van der Waals surface area contributed by atoms with Gasteiger partial charge in [0.25, 0.3) is 0 Å². The van der Waals surface area contributed by atoms with Crippen LogP contribution in [-0.2, 0) is 14.6 Å². The summed E-state index contributed by atoms with van der Waals surface area (Å²) in [5, 5.41) is 0. The molecule has 0 spiro atoms. The van der Waals surface area contributed by atoms with E-state index < -0.39 is 0 Å². The Bertz CT molecular complexity index is 261. The first-order chi connectivity index (χ1) is 10.5. The molecule has 0 unspecified atom stereocenters. The molecule has 0 aromatic heterocycles. The van der Waals surface area contributed by atoms with Gasteiger partial charge >= 0.3 is 5.97 Å². The summed E-state index contributed by atoms with van der Waals surface area (Å²) in [5.74, 6) is -0.238. The Morgan fingerprint density at radius 2 is 1.23 bits per heavy atom. The Hall–Kier alpha value is -0.570. The van der Waals surface area contributed by atoms with Gasteiger partial charge in [-0.2, -0.15) is 4.89 Å². The first-order valence-corrected chi connectivity index (χ1v) is 9.40. The van der Waals surface area contributed by atoms with E-state index in [0.29, 0.717) is 6.42 Å². The molecular formula is C19H38O3. The van der Waals surface area contributed by atoms with Crippen LogP contribution in [0.1, 0.15) is 111 Å². The predicted octanol–water partition coefficient (Wildman–Crippen LogP) is 6.35. The highest BCUT2D eigenvalue weighted by Gasteiger charge is 2.19. The zero-order chi connectivity index (χ0) is 16.7. The highest BCUT2D eigenvalue weighted by atomic mass is 17.2. The first kappa shape index (κ1) is 21.4. The SMILES string of the molecule is CCCCCCCCCCCCCC(=O)OOC(C)(C)CC. The second-order valence-corrected chi connectivity index (χ2v) is 6.94. The van der Waals surface area contributed by atoms with Gasteiger partial charge in [-0.1, -0.05) is 78.1 Å². The molecule has 0 radical (unpaired) electrons. The Balaban J connectivity index is 3.27. The van der Waals surface area contributed by atoms with E-state index in [1.54, 1.807) is 0 Å². The lowest BCUT2D eigenvalue weighted by Gasteiger charge is -2.20. The normalized spacial score (nSPS) is 11.6. The van der Waals surface area contributed by atoms with Crippen LogP contribution in [0.15, 0.2) is 0 Å². The second-order valence-electron chi connectivity index (χ2n) is 6.94. The molecule has 0 aromatic carbocycles. The van der Waals surface area contributed by atoms with Crippen LogP contribution in [0, 0.1) is 0 Å². The van der Waals surface area contributed by atoms with Crippen molar-refractivity contribution >= 4 is 5.97 Å². The maximum atomic E-state index is 11.5. The molecule has 0 aromatic rings. The number of unbranched alkanes of at least 4 members (excludes halogenated alkanes) is 10. The summed E-state index contributed by atoms with van der Waals surface area (Å²) in [4.78, 5) is 21.5. The average Bonchev–Trinajstić information content (AvgIpc) is 2.50. The molecule has 0 rings (SSSR count). The average molecular weight is 315 g/mol. The summed E-state index contributed by atoms with van der Waals surface area (Å²) in [6, 6.07) is 0. The van der Waals surface area contributed by atoms with E-state index in [9.17, 15) is 4.79 Å². The smallest absolute Gasteiger partial charge is 0.298 e. The van der Waals surface area contributed by atoms with Crippen molar-refractivity contribution in [1.82, 2.24) is 0 Å². The Morgan fingerprint density at radius 1 is 0.773 bits per heavy atom. The first-order valence-electron chi connectivity index (χ1n) is 9.40. The predicted molar refractivity (Wildman–Crippen MR) is 92.6 cm³/mol. The highest BCUT2D eigenvalue weighted by molar-refractivity contribution is 5.68. The van der Waals surface area contributed by atoms with Crippen LogP contribution in [0.2, 0.25) is 0 Å². The van der Waals surface area contributed by atoms with Crippen LogP contribution < -0.4 is 0 Å². The molecule has 0 aliphatic rings. The standard InChI is InChI=1S/C19H38O3/c1-5-7-8-9-10-11-12-13-14-15-16-17-18(20)21-22-19(3,4)6-2/h5-17H2,1-4H3. The number of hydrogen-bond donors (Lipinski definition) is 0. The quantitative estimate of drug-likeness (QED) is 0.201. The molecule has 0 saturated heterocycles. The molecule has 0 fully saturated rings. The third-order valence-electron chi connectivity index (χ3n) is 4.20. The summed E-state index contributed by atoms with van der Waals surface area (Å²) in [6.07, 6.45) is 15.4. The third kappa shape index (κ3) is 14.4. The summed E-state index contributed by atoms with van der Waals surface area (Å²) in [7, 11) is 0. The molecule has 0 N–H and O–H groups in total. The van der Waals surface area contributed by atoms with Gasteiger partial charge in [0.2, 0.25) is 0 Å². The molecule has 22 heavy (non-hydrogen) atoms. The fraction of sp³-hybridized carbons (Fsp3) is 0.947. The lowest BCUT2D eigenvalue weighted by molar-refractivity contribution is -0.325. The zero-order valence-electron chi connectivity index (χ0n) is 15.4. The van der Waals surface area contributed by atoms with Crippen molar-refractivity contribution in [3.05, 3.63) is 0 Å². The molecule has 3 nitrogen and oxygen atoms in total. The fourth-order valence-corrected chi connectivity index (χ4v) is 2.19. The van der Waals surface area contributed by atoms with Gasteiger partial charge in [0.1, 0.15) is 5.60 Å². The van der Waals surface area contributed by atoms with E-state index in [2.05, 4.69) is 6.92 Å². The van der Waals surface area contributed by atoms with Crippen molar-refractivity contribution in [1.29, 1.82) is 0 Å². The van der Waals surface area contributed by atoms with E-state index >= 15 is 0 Å². The molecule has 0 aliphatic carbocycles. The fourth-order valence-electron chi connectivity index (χ4n) is 2.19. The van der Waals surface area contributed by atoms with Gasteiger partial charge in [0.05, 0.1) is 0 Å². The van der Waals surface area contributed by atoms with E-state index in [1.807, 2.05) is 20.8 Å². The summed E-state index contributed by atoms with van der Waals surface area (Å²) in [6.45, 7) is 8.11. The van der Waals surface area contributed by atoms with Crippen molar-refractivity contribution in [2.24, 2.45) is 0 Å². The minimum atomic E-state index is -0.382. The van der Waals surface area contributed by atoms with Crippen LogP contribution in [-0.4, -0.2) is 11.6 Å². The Kier molecular flexibility index (Phi) is 13.7. The van der Waals surface area contributed by atoms with Crippen LogP contribution >= 0.6 is 0 Å². The van der Waals surface area contributed by atoms with Gasteiger partial charge in [-0.3, -0.25) is 4.89 Å². The zero-order valence-corrected chi connectivity index (χ0v) is 15.4. The van der Waals surface area contributed by atoms with Gasteiger partial charge in [-0.15, -0.1) is 0 Å². The minimum Gasteiger partial charge on any atom is -0.298 e. The number of carbonyl (C=O) groups excluding carboxylic acids is 1. The molecule has 0 saturated carbocycles. The van der Waals surface area contributed by atoms with Gasteiger partial charge in [0.15, 0.2) is 0 Å². The van der Waals surface area contributed by atoms with Crippen molar-refractivity contribution in [2.45, 2.75) is 117 Å². The van der Waals surface area contributed by atoms with Crippen LogP contribution in [0.4, 0.5) is 0 Å². The monoisotopic (exact) mass is 314 g/mol. The van der Waals surface area contributed by atoms with Crippen molar-refractivity contribution in [3.8, 4) is 0 Å². The highest BCUT2D eigenvalue weighted by Crippen LogP contribution is 2.15. The topological polar surface area (TPSA) is 35.5 Å². The van der Waals surface area contributed by atoms with Crippen LogP contribution in [0.3, 0.4) is 0 Å². The van der Waals surface area contributed by atoms with Crippen molar-refractivity contribution < 1.29 is 14.6 Å².